The highest BCUT2D eigenvalue weighted by atomic mass is 35.5. The van der Waals surface area contributed by atoms with Crippen molar-refractivity contribution in [3.63, 3.8) is 0 Å². The third kappa shape index (κ3) is 5.81. The Bertz CT molecular complexity index is 601. The van der Waals surface area contributed by atoms with Crippen LogP contribution >= 0.6 is 24.8 Å². The SMILES string of the molecule is Cl.Cl.O=C(C1CN(Cc2ccccc2)CCO1)N1CCC(N2CCNCC2)C1. The predicted molar refractivity (Wildman–Crippen MR) is 115 cm³/mol. The molecular formula is C20H32Cl2N4O2. The number of ether oxygens (including phenoxy) is 1. The third-order valence-electron chi connectivity index (χ3n) is 5.82. The van der Waals surface area contributed by atoms with E-state index in [1.165, 1.54) is 5.56 Å². The average molecular weight is 431 g/mol. The Hall–Kier alpha value is -0.890. The maximum atomic E-state index is 13.0. The van der Waals surface area contributed by atoms with Crippen molar-refractivity contribution >= 4 is 30.7 Å². The van der Waals surface area contributed by atoms with Crippen LogP contribution in [0.4, 0.5) is 0 Å². The second-order valence-corrected chi connectivity index (χ2v) is 7.59. The fourth-order valence-electron chi connectivity index (χ4n) is 4.33. The van der Waals surface area contributed by atoms with Crippen molar-refractivity contribution in [2.24, 2.45) is 0 Å². The van der Waals surface area contributed by atoms with E-state index in [0.29, 0.717) is 19.2 Å². The highest BCUT2D eigenvalue weighted by Gasteiger charge is 2.36. The Morgan fingerprint density at radius 1 is 1.04 bits per heavy atom. The first-order valence-electron chi connectivity index (χ1n) is 9.91. The van der Waals surface area contributed by atoms with Gasteiger partial charge in [0.2, 0.25) is 0 Å². The summed E-state index contributed by atoms with van der Waals surface area (Å²) in [6, 6.07) is 11.0. The van der Waals surface area contributed by atoms with Gasteiger partial charge >= 0.3 is 0 Å². The normalized spacial score (nSPS) is 26.4. The Balaban J connectivity index is 0.00000140. The molecule has 1 amide bonds. The Kier molecular flexibility index (Phi) is 9.47. The molecule has 2 unspecified atom stereocenters. The van der Waals surface area contributed by atoms with Crippen LogP contribution in [0.2, 0.25) is 0 Å². The highest BCUT2D eigenvalue weighted by Crippen LogP contribution is 2.19. The summed E-state index contributed by atoms with van der Waals surface area (Å²) < 4.78 is 5.84. The molecule has 0 spiro atoms. The van der Waals surface area contributed by atoms with Gasteiger partial charge in [0.15, 0.2) is 0 Å². The van der Waals surface area contributed by atoms with E-state index >= 15 is 0 Å². The summed E-state index contributed by atoms with van der Waals surface area (Å²) in [4.78, 5) is 19.9. The molecule has 3 aliphatic heterocycles. The molecular weight excluding hydrogens is 399 g/mol. The number of likely N-dealkylation sites (tertiary alicyclic amines) is 1. The van der Waals surface area contributed by atoms with E-state index in [9.17, 15) is 4.79 Å². The summed E-state index contributed by atoms with van der Waals surface area (Å²) in [7, 11) is 0. The van der Waals surface area contributed by atoms with E-state index in [1.54, 1.807) is 0 Å². The van der Waals surface area contributed by atoms with Crippen molar-refractivity contribution in [3.05, 3.63) is 35.9 Å². The minimum atomic E-state index is -0.311. The van der Waals surface area contributed by atoms with Crippen LogP contribution in [0.3, 0.4) is 0 Å². The molecule has 1 aromatic carbocycles. The molecule has 4 rings (SSSR count). The van der Waals surface area contributed by atoms with Gasteiger partial charge in [0, 0.05) is 64.9 Å². The first-order valence-corrected chi connectivity index (χ1v) is 9.91. The van der Waals surface area contributed by atoms with Crippen molar-refractivity contribution in [3.8, 4) is 0 Å². The van der Waals surface area contributed by atoms with Crippen molar-refractivity contribution < 1.29 is 9.53 Å². The standard InChI is InChI=1S/C20H30N4O2.2ClH/c25-20(24-9-6-18(15-24)23-10-7-21-8-11-23)19-16-22(12-13-26-19)14-17-4-2-1-3-5-17;;/h1-5,18-19,21H,6-16H2;2*1H. The number of hydrogen-bond donors (Lipinski definition) is 1. The summed E-state index contributed by atoms with van der Waals surface area (Å²) in [5.74, 6) is 0.181. The number of morpholine rings is 1. The number of hydrogen-bond acceptors (Lipinski definition) is 5. The minimum Gasteiger partial charge on any atom is -0.366 e. The van der Waals surface area contributed by atoms with Gasteiger partial charge in [-0.25, -0.2) is 0 Å². The number of nitrogens with one attached hydrogen (secondary N) is 1. The zero-order valence-electron chi connectivity index (χ0n) is 16.3. The van der Waals surface area contributed by atoms with Gasteiger partial charge in [-0.15, -0.1) is 24.8 Å². The van der Waals surface area contributed by atoms with E-state index in [4.69, 9.17) is 4.74 Å². The smallest absolute Gasteiger partial charge is 0.253 e. The predicted octanol–water partition coefficient (Wildman–Crippen LogP) is 1.24. The van der Waals surface area contributed by atoms with Crippen molar-refractivity contribution in [1.29, 1.82) is 0 Å². The van der Waals surface area contributed by atoms with Gasteiger partial charge in [-0.2, -0.15) is 0 Å². The third-order valence-corrected chi connectivity index (χ3v) is 5.82. The number of amides is 1. The largest absolute Gasteiger partial charge is 0.366 e. The molecule has 6 nitrogen and oxygen atoms in total. The number of carbonyl (C=O) groups is 1. The molecule has 1 N–H and O–H groups in total. The summed E-state index contributed by atoms with van der Waals surface area (Å²) in [5.41, 5.74) is 1.29. The van der Waals surface area contributed by atoms with Crippen molar-refractivity contribution in [1.82, 2.24) is 20.0 Å². The molecule has 3 heterocycles. The highest BCUT2D eigenvalue weighted by molar-refractivity contribution is 5.85. The molecule has 28 heavy (non-hydrogen) atoms. The molecule has 0 bridgehead atoms. The van der Waals surface area contributed by atoms with E-state index in [-0.39, 0.29) is 36.8 Å². The summed E-state index contributed by atoms with van der Waals surface area (Å²) in [6.07, 6.45) is 0.779. The number of halogens is 2. The number of carbonyl (C=O) groups excluding carboxylic acids is 1. The lowest BCUT2D eigenvalue weighted by Crippen LogP contribution is -2.52. The molecule has 8 heteroatoms. The van der Waals surface area contributed by atoms with Crippen LogP contribution in [-0.2, 0) is 16.1 Å². The van der Waals surface area contributed by atoms with Gasteiger partial charge in [-0.3, -0.25) is 14.6 Å². The summed E-state index contributed by atoms with van der Waals surface area (Å²) >= 11 is 0. The fraction of sp³-hybridized carbons (Fsp3) is 0.650. The maximum absolute atomic E-state index is 13.0. The molecule has 3 saturated heterocycles. The van der Waals surface area contributed by atoms with E-state index in [0.717, 1.165) is 58.8 Å². The lowest BCUT2D eigenvalue weighted by Gasteiger charge is -2.35. The zero-order valence-corrected chi connectivity index (χ0v) is 17.9. The number of rotatable bonds is 4. The number of piperazine rings is 1. The number of nitrogens with zero attached hydrogens (tertiary/aromatic N) is 3. The lowest BCUT2D eigenvalue weighted by atomic mass is 10.2. The van der Waals surface area contributed by atoms with Gasteiger partial charge in [0.1, 0.15) is 6.10 Å². The van der Waals surface area contributed by atoms with Gasteiger partial charge in [0.25, 0.3) is 5.91 Å². The maximum Gasteiger partial charge on any atom is 0.253 e. The molecule has 3 fully saturated rings. The Morgan fingerprint density at radius 2 is 1.79 bits per heavy atom. The van der Waals surface area contributed by atoms with Gasteiger partial charge in [0.05, 0.1) is 6.61 Å². The average Bonchev–Trinajstić information content (AvgIpc) is 3.19. The summed E-state index contributed by atoms with van der Waals surface area (Å²) in [5, 5.41) is 3.40. The van der Waals surface area contributed by atoms with Crippen molar-refractivity contribution in [2.75, 3.05) is 59.0 Å². The van der Waals surface area contributed by atoms with Crippen LogP contribution in [-0.4, -0.2) is 91.7 Å². The van der Waals surface area contributed by atoms with Crippen LogP contribution < -0.4 is 5.32 Å². The molecule has 0 radical (unpaired) electrons. The van der Waals surface area contributed by atoms with Crippen molar-refractivity contribution in [2.45, 2.75) is 25.1 Å². The van der Waals surface area contributed by atoms with E-state index in [1.807, 2.05) is 11.0 Å². The molecule has 0 aliphatic carbocycles. The quantitative estimate of drug-likeness (QED) is 0.778. The lowest BCUT2D eigenvalue weighted by molar-refractivity contribution is -0.148. The molecule has 2 atom stereocenters. The molecule has 0 aromatic heterocycles. The summed E-state index contributed by atoms with van der Waals surface area (Å²) in [6.45, 7) is 9.15. The number of benzene rings is 1. The van der Waals surface area contributed by atoms with Gasteiger partial charge < -0.3 is 15.0 Å². The topological polar surface area (TPSA) is 48.1 Å². The first kappa shape index (κ1) is 23.4. The second kappa shape index (κ2) is 11.3. The molecule has 0 saturated carbocycles. The molecule has 3 aliphatic rings. The van der Waals surface area contributed by atoms with Crippen LogP contribution in [0.1, 0.15) is 12.0 Å². The van der Waals surface area contributed by atoms with Crippen LogP contribution in [0.5, 0.6) is 0 Å². The first-order chi connectivity index (χ1) is 12.8. The monoisotopic (exact) mass is 430 g/mol. The van der Waals surface area contributed by atoms with Crippen LogP contribution in [0.25, 0.3) is 0 Å². The van der Waals surface area contributed by atoms with Gasteiger partial charge in [-0.05, 0) is 12.0 Å². The minimum absolute atomic E-state index is 0. The molecule has 158 valence electrons. The van der Waals surface area contributed by atoms with Gasteiger partial charge in [-0.1, -0.05) is 30.3 Å². The fourth-order valence-corrected chi connectivity index (χ4v) is 4.33. The molecule has 1 aromatic rings. The van der Waals surface area contributed by atoms with Crippen LogP contribution in [0.15, 0.2) is 30.3 Å². The Morgan fingerprint density at radius 3 is 2.54 bits per heavy atom. The van der Waals surface area contributed by atoms with E-state index < -0.39 is 0 Å². The zero-order chi connectivity index (χ0) is 17.8. The van der Waals surface area contributed by atoms with Crippen LogP contribution in [0, 0.1) is 0 Å². The second-order valence-electron chi connectivity index (χ2n) is 7.59. The Labute approximate surface area is 180 Å². The van der Waals surface area contributed by atoms with E-state index in [2.05, 4.69) is 39.4 Å².